The Hall–Kier alpha value is -1.17. The van der Waals surface area contributed by atoms with Crippen LogP contribution in [0.4, 0.5) is 0 Å². The second kappa shape index (κ2) is 8.32. The van der Waals surface area contributed by atoms with Crippen LogP contribution < -0.4 is 19.9 Å². The van der Waals surface area contributed by atoms with Crippen molar-refractivity contribution in [3.05, 3.63) is 17.7 Å². The maximum absolute atomic E-state index is 5.74. The Kier molecular flexibility index (Phi) is 7.08. The Morgan fingerprint density at radius 1 is 1.14 bits per heavy atom. The molecule has 1 aromatic carbocycles. The zero-order chi connectivity index (χ0) is 14.5. The summed E-state index contributed by atoms with van der Waals surface area (Å²) in [5.74, 6) is 2.71. The van der Waals surface area contributed by atoms with Crippen LogP contribution in [0.25, 0.3) is 0 Å². The van der Waals surface area contributed by atoms with Crippen LogP contribution in [0.1, 0.15) is 12.0 Å². The van der Waals surface area contributed by atoms with Gasteiger partial charge in [-0.3, -0.25) is 4.90 Å². The minimum atomic E-state index is 0. The Balaban J connectivity index is 0.00000220. The molecule has 2 N–H and O–H groups in total. The molecule has 0 amide bonds. The van der Waals surface area contributed by atoms with Gasteiger partial charge >= 0.3 is 0 Å². The highest BCUT2D eigenvalue weighted by molar-refractivity contribution is 5.85. The summed E-state index contributed by atoms with van der Waals surface area (Å²) in [5.41, 5.74) is 6.85. The van der Waals surface area contributed by atoms with Crippen LogP contribution in [0.3, 0.4) is 0 Å². The van der Waals surface area contributed by atoms with E-state index in [2.05, 4.69) is 4.90 Å². The summed E-state index contributed by atoms with van der Waals surface area (Å²) < 4.78 is 16.2. The van der Waals surface area contributed by atoms with E-state index in [1.54, 1.807) is 21.3 Å². The lowest BCUT2D eigenvalue weighted by Crippen LogP contribution is -2.23. The number of likely N-dealkylation sites (tertiary alicyclic amines) is 1. The standard InChI is InChI=1S/C15H24N2O3.ClH/c1-18-13-5-4-12(14(19-2)15(13)20-3)10-17-7-6-11(8-16)9-17;/h4-5,11H,6-10,16H2,1-3H3;1H. The van der Waals surface area contributed by atoms with Crippen molar-refractivity contribution < 1.29 is 14.2 Å². The lowest BCUT2D eigenvalue weighted by molar-refractivity contribution is 0.296. The van der Waals surface area contributed by atoms with E-state index in [1.165, 1.54) is 6.42 Å². The molecule has 1 atom stereocenters. The molecule has 0 aliphatic carbocycles. The minimum absolute atomic E-state index is 0. The van der Waals surface area contributed by atoms with Gasteiger partial charge in [-0.25, -0.2) is 0 Å². The number of ether oxygens (including phenoxy) is 3. The number of hydrogen-bond donors (Lipinski definition) is 1. The normalized spacial score (nSPS) is 18.2. The number of methoxy groups -OCH3 is 3. The zero-order valence-electron chi connectivity index (χ0n) is 12.9. The first kappa shape index (κ1) is 17.9. The summed E-state index contributed by atoms with van der Waals surface area (Å²) in [6.07, 6.45) is 1.17. The molecule has 0 radical (unpaired) electrons. The molecule has 6 heteroatoms. The van der Waals surface area contributed by atoms with Gasteiger partial charge in [0.2, 0.25) is 5.75 Å². The number of rotatable bonds is 6. The summed E-state index contributed by atoms with van der Waals surface area (Å²) in [4.78, 5) is 2.40. The first-order valence-electron chi connectivity index (χ1n) is 6.93. The van der Waals surface area contributed by atoms with Crippen molar-refractivity contribution in [1.29, 1.82) is 0 Å². The van der Waals surface area contributed by atoms with E-state index in [9.17, 15) is 0 Å². The van der Waals surface area contributed by atoms with Gasteiger partial charge in [0.1, 0.15) is 0 Å². The fraction of sp³-hybridized carbons (Fsp3) is 0.600. The van der Waals surface area contributed by atoms with Gasteiger partial charge in [-0.15, -0.1) is 12.4 Å². The molecule has 0 bridgehead atoms. The molecule has 0 saturated carbocycles. The molecule has 1 aliphatic rings. The molecule has 1 heterocycles. The Morgan fingerprint density at radius 2 is 1.86 bits per heavy atom. The molecular weight excluding hydrogens is 292 g/mol. The Labute approximate surface area is 132 Å². The van der Waals surface area contributed by atoms with Gasteiger partial charge in [0, 0.05) is 18.7 Å². The predicted octanol–water partition coefficient (Wildman–Crippen LogP) is 1.91. The minimum Gasteiger partial charge on any atom is -0.493 e. The van der Waals surface area contributed by atoms with Gasteiger partial charge in [0.05, 0.1) is 21.3 Å². The first-order valence-corrected chi connectivity index (χ1v) is 6.93. The smallest absolute Gasteiger partial charge is 0.203 e. The van der Waals surface area contributed by atoms with E-state index in [0.29, 0.717) is 17.4 Å². The van der Waals surface area contributed by atoms with Gasteiger partial charge in [0.15, 0.2) is 11.5 Å². The van der Waals surface area contributed by atoms with E-state index < -0.39 is 0 Å². The van der Waals surface area contributed by atoms with Gasteiger partial charge in [0.25, 0.3) is 0 Å². The van der Waals surface area contributed by atoms with Crippen molar-refractivity contribution >= 4 is 12.4 Å². The largest absolute Gasteiger partial charge is 0.493 e. The number of hydrogen-bond acceptors (Lipinski definition) is 5. The molecule has 1 fully saturated rings. The summed E-state index contributed by atoms with van der Waals surface area (Å²) in [5, 5.41) is 0. The second-order valence-electron chi connectivity index (χ2n) is 5.12. The maximum atomic E-state index is 5.74. The molecule has 1 aromatic rings. The van der Waals surface area contributed by atoms with Crippen molar-refractivity contribution in [2.45, 2.75) is 13.0 Å². The van der Waals surface area contributed by atoms with Crippen LogP contribution in [-0.4, -0.2) is 45.9 Å². The third-order valence-corrected chi connectivity index (χ3v) is 3.88. The summed E-state index contributed by atoms with van der Waals surface area (Å²) in [7, 11) is 4.92. The Morgan fingerprint density at radius 3 is 2.38 bits per heavy atom. The van der Waals surface area contributed by atoms with Gasteiger partial charge in [-0.2, -0.15) is 0 Å². The van der Waals surface area contributed by atoms with Crippen molar-refractivity contribution in [2.24, 2.45) is 11.7 Å². The third kappa shape index (κ3) is 3.93. The van der Waals surface area contributed by atoms with Crippen LogP contribution in [-0.2, 0) is 6.54 Å². The fourth-order valence-corrected chi connectivity index (χ4v) is 2.78. The van der Waals surface area contributed by atoms with E-state index in [0.717, 1.165) is 37.5 Å². The quantitative estimate of drug-likeness (QED) is 0.869. The van der Waals surface area contributed by atoms with Crippen LogP contribution in [0.2, 0.25) is 0 Å². The lowest BCUT2D eigenvalue weighted by atomic mass is 10.1. The first-order chi connectivity index (χ1) is 9.73. The van der Waals surface area contributed by atoms with E-state index >= 15 is 0 Å². The molecule has 1 unspecified atom stereocenters. The van der Waals surface area contributed by atoms with Crippen molar-refractivity contribution in [2.75, 3.05) is 41.0 Å². The Bertz CT molecular complexity index is 457. The summed E-state index contributed by atoms with van der Waals surface area (Å²) >= 11 is 0. The molecular formula is C15H25ClN2O3. The number of halogens is 1. The molecule has 5 nitrogen and oxygen atoms in total. The molecule has 120 valence electrons. The summed E-state index contributed by atoms with van der Waals surface area (Å²) in [6, 6.07) is 3.96. The van der Waals surface area contributed by atoms with Crippen LogP contribution >= 0.6 is 12.4 Å². The molecule has 1 saturated heterocycles. The van der Waals surface area contributed by atoms with Crippen LogP contribution in [0.5, 0.6) is 17.2 Å². The number of nitrogens with zero attached hydrogens (tertiary/aromatic N) is 1. The van der Waals surface area contributed by atoms with E-state index in [-0.39, 0.29) is 12.4 Å². The number of benzene rings is 1. The maximum Gasteiger partial charge on any atom is 0.203 e. The highest BCUT2D eigenvalue weighted by Gasteiger charge is 2.23. The van der Waals surface area contributed by atoms with E-state index in [4.69, 9.17) is 19.9 Å². The van der Waals surface area contributed by atoms with Crippen molar-refractivity contribution in [3.8, 4) is 17.2 Å². The predicted molar refractivity (Wildman–Crippen MR) is 85.8 cm³/mol. The van der Waals surface area contributed by atoms with Crippen LogP contribution in [0.15, 0.2) is 12.1 Å². The highest BCUT2D eigenvalue weighted by Crippen LogP contribution is 2.40. The van der Waals surface area contributed by atoms with Crippen molar-refractivity contribution in [3.63, 3.8) is 0 Å². The SMILES string of the molecule is COc1ccc(CN2CCC(CN)C2)c(OC)c1OC.Cl. The van der Waals surface area contributed by atoms with E-state index in [1.807, 2.05) is 12.1 Å². The van der Waals surface area contributed by atoms with Gasteiger partial charge in [-0.05, 0) is 31.5 Å². The van der Waals surface area contributed by atoms with Crippen LogP contribution in [0, 0.1) is 5.92 Å². The topological polar surface area (TPSA) is 57.0 Å². The second-order valence-corrected chi connectivity index (χ2v) is 5.12. The van der Waals surface area contributed by atoms with Gasteiger partial charge in [-0.1, -0.05) is 6.07 Å². The molecule has 0 spiro atoms. The monoisotopic (exact) mass is 316 g/mol. The zero-order valence-corrected chi connectivity index (χ0v) is 13.7. The molecule has 2 rings (SSSR count). The lowest BCUT2D eigenvalue weighted by Gasteiger charge is -2.20. The average molecular weight is 317 g/mol. The molecule has 0 aromatic heterocycles. The van der Waals surface area contributed by atoms with Crippen molar-refractivity contribution in [1.82, 2.24) is 4.90 Å². The molecule has 21 heavy (non-hydrogen) atoms. The third-order valence-electron chi connectivity index (χ3n) is 3.88. The van der Waals surface area contributed by atoms with Gasteiger partial charge < -0.3 is 19.9 Å². The fourth-order valence-electron chi connectivity index (χ4n) is 2.78. The summed E-state index contributed by atoms with van der Waals surface area (Å²) in [6.45, 7) is 3.74. The molecule has 1 aliphatic heterocycles. The highest BCUT2D eigenvalue weighted by atomic mass is 35.5. The number of nitrogens with two attached hydrogens (primary N) is 1. The average Bonchev–Trinajstić information content (AvgIpc) is 2.94.